The molecule has 0 saturated carbocycles. The number of aliphatic hydroxyl groups is 1. The molecule has 110 valence electrons. The van der Waals surface area contributed by atoms with E-state index in [0.29, 0.717) is 6.42 Å². The summed E-state index contributed by atoms with van der Waals surface area (Å²) in [6.07, 6.45) is 10.7. The summed E-state index contributed by atoms with van der Waals surface area (Å²) in [5, 5.41) is 9.56. The van der Waals surface area contributed by atoms with Crippen molar-refractivity contribution in [3.8, 4) is 0 Å². The second kappa shape index (κ2) is 9.09. The molecule has 5 nitrogen and oxygen atoms in total. The van der Waals surface area contributed by atoms with E-state index in [1.165, 1.54) is 13.2 Å². The van der Waals surface area contributed by atoms with Crippen molar-refractivity contribution in [2.24, 2.45) is 0 Å². The summed E-state index contributed by atoms with van der Waals surface area (Å²) in [5.41, 5.74) is 0. The molecule has 1 heterocycles. The number of carbonyl (C=O) groups is 2. The highest BCUT2D eigenvalue weighted by Gasteiger charge is 2.22. The van der Waals surface area contributed by atoms with Gasteiger partial charge in [0.1, 0.15) is 0 Å². The van der Waals surface area contributed by atoms with Crippen LogP contribution in [0.2, 0.25) is 0 Å². The van der Waals surface area contributed by atoms with Crippen LogP contribution in [0, 0.1) is 0 Å². The highest BCUT2D eigenvalue weighted by molar-refractivity contribution is 5.85. The zero-order valence-electron chi connectivity index (χ0n) is 11.5. The average Bonchev–Trinajstić information content (AvgIpc) is 2.45. The lowest BCUT2D eigenvalue weighted by molar-refractivity contribution is -0.163. The van der Waals surface area contributed by atoms with Crippen molar-refractivity contribution >= 4 is 11.9 Å². The first-order valence-corrected chi connectivity index (χ1v) is 6.60. The van der Waals surface area contributed by atoms with E-state index >= 15 is 0 Å². The van der Waals surface area contributed by atoms with Crippen molar-refractivity contribution in [3.05, 3.63) is 36.5 Å². The van der Waals surface area contributed by atoms with Crippen LogP contribution in [0.3, 0.4) is 0 Å². The quantitative estimate of drug-likeness (QED) is 0.584. The predicted octanol–water partition coefficient (Wildman–Crippen LogP) is 1.67. The molecular formula is C15H20O5. The number of carbonyl (C=O) groups excluding carboxylic acids is 2. The Hall–Kier alpha value is -1.88. The number of cyclic esters (lactones) is 1. The minimum absolute atomic E-state index is 0.412. The third-order valence-electron chi connectivity index (χ3n) is 2.76. The number of esters is 2. The van der Waals surface area contributed by atoms with Gasteiger partial charge < -0.3 is 14.6 Å². The van der Waals surface area contributed by atoms with Crippen LogP contribution in [0.5, 0.6) is 0 Å². The van der Waals surface area contributed by atoms with E-state index in [2.05, 4.69) is 4.74 Å². The molecule has 0 aliphatic carbocycles. The van der Waals surface area contributed by atoms with Gasteiger partial charge in [0.05, 0.1) is 13.2 Å². The Bertz CT molecular complexity index is 408. The molecule has 1 unspecified atom stereocenters. The van der Waals surface area contributed by atoms with E-state index < -0.39 is 24.1 Å². The molecule has 0 bridgehead atoms. The molecule has 0 spiro atoms. The first-order chi connectivity index (χ1) is 9.63. The highest BCUT2D eigenvalue weighted by atomic mass is 16.6. The smallest absolute Gasteiger partial charge is 0.347 e. The summed E-state index contributed by atoms with van der Waals surface area (Å²) in [7, 11) is 1.26. The maximum absolute atomic E-state index is 11.6. The third kappa shape index (κ3) is 6.33. The Morgan fingerprint density at radius 2 is 2.15 bits per heavy atom. The van der Waals surface area contributed by atoms with E-state index in [9.17, 15) is 14.7 Å². The van der Waals surface area contributed by atoms with Crippen molar-refractivity contribution in [2.75, 3.05) is 7.11 Å². The summed E-state index contributed by atoms with van der Waals surface area (Å²) < 4.78 is 9.65. The van der Waals surface area contributed by atoms with Gasteiger partial charge in [-0.3, -0.25) is 0 Å². The molecule has 0 radical (unpaired) electrons. The van der Waals surface area contributed by atoms with Crippen molar-refractivity contribution in [1.82, 2.24) is 0 Å². The van der Waals surface area contributed by atoms with Gasteiger partial charge in [0.25, 0.3) is 0 Å². The van der Waals surface area contributed by atoms with Gasteiger partial charge in [-0.1, -0.05) is 24.3 Å². The fourth-order valence-corrected chi connectivity index (χ4v) is 1.71. The van der Waals surface area contributed by atoms with Gasteiger partial charge in [-0.25, -0.2) is 9.59 Å². The van der Waals surface area contributed by atoms with E-state index in [4.69, 9.17) is 4.74 Å². The second-order valence-electron chi connectivity index (χ2n) is 4.36. The molecule has 1 aliphatic heterocycles. The number of rotatable bonds is 1. The Kier molecular flexibility index (Phi) is 7.35. The summed E-state index contributed by atoms with van der Waals surface area (Å²) in [6, 6.07) is 0. The topological polar surface area (TPSA) is 72.8 Å². The Balaban J connectivity index is 2.75. The van der Waals surface area contributed by atoms with Gasteiger partial charge in [0, 0.05) is 6.08 Å². The molecule has 5 heteroatoms. The minimum atomic E-state index is -0.902. The number of hydrogen-bond acceptors (Lipinski definition) is 5. The summed E-state index contributed by atoms with van der Waals surface area (Å²) in [4.78, 5) is 23.1. The third-order valence-corrected chi connectivity index (χ3v) is 2.76. The number of hydrogen-bond donors (Lipinski definition) is 1. The lowest BCUT2D eigenvalue weighted by Crippen LogP contribution is -2.28. The lowest BCUT2D eigenvalue weighted by Gasteiger charge is -2.14. The van der Waals surface area contributed by atoms with Gasteiger partial charge >= 0.3 is 11.9 Å². The van der Waals surface area contributed by atoms with Crippen molar-refractivity contribution in [1.29, 1.82) is 0 Å². The zero-order chi connectivity index (χ0) is 14.8. The van der Waals surface area contributed by atoms with Crippen LogP contribution in [-0.4, -0.2) is 36.4 Å². The van der Waals surface area contributed by atoms with Gasteiger partial charge in [0.15, 0.2) is 6.10 Å². The maximum Gasteiger partial charge on any atom is 0.347 e. The predicted molar refractivity (Wildman–Crippen MR) is 73.8 cm³/mol. The molecular weight excluding hydrogens is 260 g/mol. The molecule has 1 rings (SSSR count). The molecule has 0 saturated heterocycles. The van der Waals surface area contributed by atoms with Gasteiger partial charge in [0.2, 0.25) is 0 Å². The molecule has 1 N–H and O–H groups in total. The lowest BCUT2D eigenvalue weighted by atomic mass is 10.1. The standard InChI is InChI=1S/C15H20O5/c1-19-15(18)13-9-7-5-3-2-4-6-8-12(16)10-11-14(17)20-13/h2-3,6,8,10-13,16H,4-5,7,9H2,1H3/b3-2-,8-6-,11-10+/t12?,13-/m0/s1. The average molecular weight is 280 g/mol. The monoisotopic (exact) mass is 280 g/mol. The molecule has 2 atom stereocenters. The first-order valence-electron chi connectivity index (χ1n) is 6.60. The Morgan fingerprint density at radius 3 is 2.90 bits per heavy atom. The maximum atomic E-state index is 11.6. The Morgan fingerprint density at radius 1 is 1.35 bits per heavy atom. The van der Waals surface area contributed by atoms with Gasteiger partial charge in [-0.2, -0.15) is 0 Å². The molecule has 1 aliphatic rings. The van der Waals surface area contributed by atoms with Crippen LogP contribution in [0.25, 0.3) is 0 Å². The van der Waals surface area contributed by atoms with Crippen molar-refractivity contribution < 1.29 is 24.2 Å². The largest absolute Gasteiger partial charge is 0.466 e. The van der Waals surface area contributed by atoms with E-state index in [-0.39, 0.29) is 0 Å². The number of allylic oxidation sites excluding steroid dienone is 3. The van der Waals surface area contributed by atoms with E-state index in [0.717, 1.165) is 25.3 Å². The number of aliphatic hydroxyl groups excluding tert-OH is 1. The van der Waals surface area contributed by atoms with Gasteiger partial charge in [-0.15, -0.1) is 0 Å². The van der Waals surface area contributed by atoms with Crippen molar-refractivity contribution in [2.45, 2.75) is 37.9 Å². The zero-order valence-corrected chi connectivity index (χ0v) is 11.5. The molecule has 20 heavy (non-hydrogen) atoms. The molecule has 0 fully saturated rings. The van der Waals surface area contributed by atoms with Crippen LogP contribution in [-0.2, 0) is 19.1 Å². The van der Waals surface area contributed by atoms with Crippen LogP contribution in [0.4, 0.5) is 0 Å². The van der Waals surface area contributed by atoms with E-state index in [1.54, 1.807) is 6.08 Å². The van der Waals surface area contributed by atoms with Crippen LogP contribution in [0.1, 0.15) is 25.7 Å². The number of ether oxygens (including phenoxy) is 2. The normalized spacial score (nSPS) is 29.6. The Labute approximate surface area is 118 Å². The van der Waals surface area contributed by atoms with Gasteiger partial charge in [-0.05, 0) is 31.8 Å². The van der Waals surface area contributed by atoms with Crippen LogP contribution >= 0.6 is 0 Å². The summed E-state index contributed by atoms with van der Waals surface area (Å²) >= 11 is 0. The molecule has 0 aromatic carbocycles. The van der Waals surface area contributed by atoms with Crippen LogP contribution < -0.4 is 0 Å². The fraction of sp³-hybridized carbons (Fsp3) is 0.467. The minimum Gasteiger partial charge on any atom is -0.466 e. The molecule has 0 aromatic rings. The first kappa shape index (κ1) is 16.2. The van der Waals surface area contributed by atoms with Crippen LogP contribution in [0.15, 0.2) is 36.5 Å². The summed E-state index contributed by atoms with van der Waals surface area (Å²) in [5.74, 6) is -1.23. The fourth-order valence-electron chi connectivity index (χ4n) is 1.71. The molecule has 0 amide bonds. The SMILES string of the molecule is COC(=O)[C@@H]1CCC/C=C\C/C=C\C(O)/C=C/C(=O)O1. The highest BCUT2D eigenvalue weighted by Crippen LogP contribution is 2.09. The number of methoxy groups -OCH3 is 1. The van der Waals surface area contributed by atoms with E-state index in [1.807, 2.05) is 18.2 Å². The second-order valence-corrected chi connectivity index (χ2v) is 4.36. The summed E-state index contributed by atoms with van der Waals surface area (Å²) in [6.45, 7) is 0. The molecule has 0 aromatic heterocycles. The van der Waals surface area contributed by atoms with Crippen molar-refractivity contribution in [3.63, 3.8) is 0 Å².